The molecular formula is C14H19N3O4S. The second-order valence-corrected chi connectivity index (χ2v) is 5.99. The van der Waals surface area contributed by atoms with Crippen molar-refractivity contribution in [2.24, 2.45) is 0 Å². The van der Waals surface area contributed by atoms with E-state index in [2.05, 4.69) is 16.0 Å². The summed E-state index contributed by atoms with van der Waals surface area (Å²) in [7, 11) is 0. The van der Waals surface area contributed by atoms with E-state index in [-0.39, 0.29) is 18.2 Å². The highest BCUT2D eigenvalue weighted by Gasteiger charge is 2.25. The van der Waals surface area contributed by atoms with Crippen LogP contribution < -0.4 is 16.0 Å². The van der Waals surface area contributed by atoms with E-state index >= 15 is 0 Å². The molecule has 1 saturated heterocycles. The second-order valence-electron chi connectivity index (χ2n) is 4.89. The Hall–Kier alpha value is -1.96. The van der Waals surface area contributed by atoms with Gasteiger partial charge in [-0.25, -0.2) is 4.79 Å². The number of hydrogen-bond donors (Lipinski definition) is 3. The first-order chi connectivity index (χ1) is 10.6. The third-order valence-corrected chi connectivity index (χ3v) is 4.19. The molecule has 0 spiro atoms. The van der Waals surface area contributed by atoms with Crippen LogP contribution in [0.25, 0.3) is 0 Å². The summed E-state index contributed by atoms with van der Waals surface area (Å²) in [5.74, 6) is 2.04. The molecule has 1 unspecified atom stereocenters. The average molecular weight is 325 g/mol. The molecule has 7 nitrogen and oxygen atoms in total. The number of carbonyl (C=O) groups is 3. The van der Waals surface area contributed by atoms with Gasteiger partial charge in [0, 0.05) is 13.0 Å². The molecule has 0 bridgehead atoms. The van der Waals surface area contributed by atoms with Crippen LogP contribution in [0.4, 0.5) is 4.79 Å². The Morgan fingerprint density at radius 3 is 3.09 bits per heavy atom. The number of carbonyl (C=O) groups excluding carboxylic acids is 3. The number of furan rings is 1. The molecule has 0 aromatic carbocycles. The van der Waals surface area contributed by atoms with Crippen molar-refractivity contribution < 1.29 is 18.8 Å². The van der Waals surface area contributed by atoms with Crippen LogP contribution in [0.15, 0.2) is 22.8 Å². The highest BCUT2D eigenvalue weighted by atomic mass is 32.2. The zero-order valence-electron chi connectivity index (χ0n) is 12.1. The molecule has 2 rings (SSSR count). The highest BCUT2D eigenvalue weighted by Crippen LogP contribution is 2.12. The van der Waals surface area contributed by atoms with Crippen LogP contribution >= 0.6 is 11.8 Å². The van der Waals surface area contributed by atoms with Crippen molar-refractivity contribution in [3.05, 3.63) is 24.2 Å². The molecule has 4 amide bonds. The first kappa shape index (κ1) is 16.4. The molecule has 0 radical (unpaired) electrons. The largest absolute Gasteiger partial charge is 0.468 e. The Morgan fingerprint density at radius 2 is 2.32 bits per heavy atom. The highest BCUT2D eigenvalue weighted by molar-refractivity contribution is 7.98. The van der Waals surface area contributed by atoms with Gasteiger partial charge >= 0.3 is 6.03 Å². The summed E-state index contributed by atoms with van der Waals surface area (Å²) in [4.78, 5) is 34.4. The summed E-state index contributed by atoms with van der Waals surface area (Å²) < 4.78 is 5.22. The third-order valence-electron chi connectivity index (χ3n) is 3.12. The van der Waals surface area contributed by atoms with Crippen molar-refractivity contribution in [2.45, 2.75) is 31.1 Å². The summed E-state index contributed by atoms with van der Waals surface area (Å²) in [5, 5.41) is 7.40. The predicted octanol–water partition coefficient (Wildman–Crippen LogP) is 1.01. The van der Waals surface area contributed by atoms with Gasteiger partial charge in [0.2, 0.25) is 11.8 Å². The van der Waals surface area contributed by atoms with Gasteiger partial charge in [0.25, 0.3) is 0 Å². The second kappa shape index (κ2) is 8.47. The molecule has 1 aliphatic rings. The number of urea groups is 1. The minimum Gasteiger partial charge on any atom is -0.468 e. The lowest BCUT2D eigenvalue weighted by atomic mass is 10.1. The zero-order valence-corrected chi connectivity index (χ0v) is 12.9. The molecule has 0 aliphatic carbocycles. The van der Waals surface area contributed by atoms with Crippen LogP contribution in [0.3, 0.4) is 0 Å². The Balaban J connectivity index is 1.59. The van der Waals surface area contributed by atoms with Crippen molar-refractivity contribution in [2.75, 3.05) is 12.3 Å². The average Bonchev–Trinajstić information content (AvgIpc) is 2.93. The van der Waals surface area contributed by atoms with Gasteiger partial charge in [0.1, 0.15) is 11.8 Å². The summed E-state index contributed by atoms with van der Waals surface area (Å²) in [6.07, 6.45) is 2.96. The number of imide groups is 1. The maximum absolute atomic E-state index is 11.9. The van der Waals surface area contributed by atoms with Gasteiger partial charge in [0.05, 0.1) is 12.0 Å². The van der Waals surface area contributed by atoms with Crippen LogP contribution in [0, 0.1) is 0 Å². The smallest absolute Gasteiger partial charge is 0.322 e. The Kier molecular flexibility index (Phi) is 6.32. The zero-order chi connectivity index (χ0) is 15.8. The van der Waals surface area contributed by atoms with E-state index in [1.807, 2.05) is 12.1 Å². The molecule has 8 heteroatoms. The number of rotatable bonds is 7. The lowest BCUT2D eigenvalue weighted by molar-refractivity contribution is -0.123. The topological polar surface area (TPSA) is 100 Å². The van der Waals surface area contributed by atoms with Crippen LogP contribution in [-0.4, -0.2) is 36.2 Å². The van der Waals surface area contributed by atoms with Crippen molar-refractivity contribution >= 4 is 29.6 Å². The maximum atomic E-state index is 11.9. The van der Waals surface area contributed by atoms with Gasteiger partial charge in [-0.2, -0.15) is 11.8 Å². The molecule has 1 aromatic rings. The van der Waals surface area contributed by atoms with E-state index in [0.29, 0.717) is 13.0 Å². The van der Waals surface area contributed by atoms with E-state index in [0.717, 1.165) is 23.7 Å². The number of nitrogens with one attached hydrogen (secondary N) is 3. The Bertz CT molecular complexity index is 518. The fourth-order valence-electron chi connectivity index (χ4n) is 2.00. The molecule has 2 heterocycles. The quantitative estimate of drug-likeness (QED) is 0.650. The number of thioether (sulfide) groups is 1. The van der Waals surface area contributed by atoms with Crippen molar-refractivity contribution in [1.82, 2.24) is 16.0 Å². The molecule has 1 aliphatic heterocycles. The van der Waals surface area contributed by atoms with E-state index in [9.17, 15) is 14.4 Å². The van der Waals surface area contributed by atoms with Gasteiger partial charge in [-0.05, 0) is 30.7 Å². The Morgan fingerprint density at radius 1 is 1.45 bits per heavy atom. The van der Waals surface area contributed by atoms with Gasteiger partial charge in [-0.1, -0.05) is 0 Å². The lowest BCUT2D eigenvalue weighted by Gasteiger charge is -2.14. The molecule has 0 saturated carbocycles. The summed E-state index contributed by atoms with van der Waals surface area (Å²) in [6, 6.07) is 2.52. The molecule has 1 atom stereocenters. The lowest BCUT2D eigenvalue weighted by Crippen LogP contribution is -2.48. The SMILES string of the molecule is O=C1CCC(C(=O)NCCCSCc2ccco2)NC(=O)N1. The first-order valence-corrected chi connectivity index (χ1v) is 8.29. The van der Waals surface area contributed by atoms with Crippen LogP contribution in [-0.2, 0) is 15.3 Å². The van der Waals surface area contributed by atoms with Crippen LogP contribution in [0.2, 0.25) is 0 Å². The normalized spacial score (nSPS) is 18.3. The van der Waals surface area contributed by atoms with Gasteiger partial charge in [-0.3, -0.25) is 14.9 Å². The number of amides is 4. The van der Waals surface area contributed by atoms with Crippen molar-refractivity contribution in [3.8, 4) is 0 Å². The Labute approximate surface area is 132 Å². The molecule has 1 fully saturated rings. The maximum Gasteiger partial charge on any atom is 0.322 e. The van der Waals surface area contributed by atoms with E-state index < -0.39 is 12.1 Å². The van der Waals surface area contributed by atoms with Crippen molar-refractivity contribution in [3.63, 3.8) is 0 Å². The van der Waals surface area contributed by atoms with Gasteiger partial charge in [0.15, 0.2) is 0 Å². The van der Waals surface area contributed by atoms with E-state index in [4.69, 9.17) is 4.42 Å². The van der Waals surface area contributed by atoms with Gasteiger partial charge in [-0.15, -0.1) is 0 Å². The van der Waals surface area contributed by atoms with Crippen LogP contribution in [0.1, 0.15) is 25.0 Å². The first-order valence-electron chi connectivity index (χ1n) is 7.13. The number of hydrogen-bond acceptors (Lipinski definition) is 5. The fourth-order valence-corrected chi connectivity index (χ4v) is 2.86. The molecule has 22 heavy (non-hydrogen) atoms. The summed E-state index contributed by atoms with van der Waals surface area (Å²) in [5.41, 5.74) is 0. The minimum absolute atomic E-state index is 0.163. The summed E-state index contributed by atoms with van der Waals surface area (Å²) in [6.45, 7) is 0.539. The minimum atomic E-state index is -0.651. The summed E-state index contributed by atoms with van der Waals surface area (Å²) >= 11 is 1.73. The van der Waals surface area contributed by atoms with Crippen molar-refractivity contribution in [1.29, 1.82) is 0 Å². The third kappa shape index (κ3) is 5.44. The molecule has 1 aromatic heterocycles. The fraction of sp³-hybridized carbons (Fsp3) is 0.500. The van der Waals surface area contributed by atoms with E-state index in [1.165, 1.54) is 0 Å². The predicted molar refractivity (Wildman–Crippen MR) is 82.2 cm³/mol. The molecule has 3 N–H and O–H groups in total. The molecular weight excluding hydrogens is 306 g/mol. The standard InChI is InChI=1S/C14H19N3O4S/c18-12-5-4-11(16-14(20)17-12)13(19)15-6-2-8-22-9-10-3-1-7-21-10/h1,3,7,11H,2,4-6,8-9H2,(H,15,19)(H2,16,17,18,20). The van der Waals surface area contributed by atoms with Gasteiger partial charge < -0.3 is 15.1 Å². The van der Waals surface area contributed by atoms with E-state index in [1.54, 1.807) is 18.0 Å². The molecule has 120 valence electrons. The monoisotopic (exact) mass is 325 g/mol. The van der Waals surface area contributed by atoms with Crippen LogP contribution in [0.5, 0.6) is 0 Å².